The van der Waals surface area contributed by atoms with Crippen molar-refractivity contribution >= 4 is 50.8 Å². The predicted molar refractivity (Wildman–Crippen MR) is 63.8 cm³/mol. The van der Waals surface area contributed by atoms with E-state index in [2.05, 4.69) is 4.98 Å². The zero-order chi connectivity index (χ0) is 10.3. The first-order valence-electron chi connectivity index (χ1n) is 3.78. The van der Waals surface area contributed by atoms with Crippen molar-refractivity contribution in [1.29, 1.82) is 0 Å². The highest BCUT2D eigenvalue weighted by molar-refractivity contribution is 14.1. The molecule has 2 rings (SSSR count). The van der Waals surface area contributed by atoms with Gasteiger partial charge in [-0.05, 0) is 34.7 Å². The summed E-state index contributed by atoms with van der Waals surface area (Å²) in [5, 5.41) is 0.799. The van der Waals surface area contributed by atoms with Crippen LogP contribution in [0.4, 0.5) is 10.1 Å². The second kappa shape index (κ2) is 3.51. The van der Waals surface area contributed by atoms with E-state index in [-0.39, 0.29) is 5.02 Å². The van der Waals surface area contributed by atoms with E-state index in [0.29, 0.717) is 14.8 Å². The summed E-state index contributed by atoms with van der Waals surface area (Å²) >= 11 is 7.68. The van der Waals surface area contributed by atoms with Crippen LogP contribution in [-0.2, 0) is 0 Å². The summed E-state index contributed by atoms with van der Waals surface area (Å²) in [6.07, 6.45) is 1.46. The molecule has 0 atom stereocenters. The van der Waals surface area contributed by atoms with Gasteiger partial charge < -0.3 is 5.73 Å². The Morgan fingerprint density at radius 2 is 2.14 bits per heavy atom. The number of aromatic nitrogens is 1. The van der Waals surface area contributed by atoms with Gasteiger partial charge in [0.05, 0.1) is 21.0 Å². The van der Waals surface area contributed by atoms with Crippen LogP contribution in [0.15, 0.2) is 18.3 Å². The van der Waals surface area contributed by atoms with E-state index in [0.717, 1.165) is 5.39 Å². The summed E-state index contributed by atoms with van der Waals surface area (Å²) in [5.41, 5.74) is 6.54. The molecule has 0 aliphatic rings. The third-order valence-corrected chi connectivity index (χ3v) is 2.96. The minimum absolute atomic E-state index is 0.0481. The zero-order valence-electron chi connectivity index (χ0n) is 6.89. The average molecular weight is 323 g/mol. The number of rotatable bonds is 0. The molecule has 0 bridgehead atoms. The van der Waals surface area contributed by atoms with Crippen LogP contribution < -0.4 is 5.73 Å². The number of hydrogen-bond donors (Lipinski definition) is 1. The van der Waals surface area contributed by atoms with Crippen molar-refractivity contribution in [2.24, 2.45) is 0 Å². The highest BCUT2D eigenvalue weighted by Gasteiger charge is 2.10. The van der Waals surface area contributed by atoms with Crippen LogP contribution in [0.1, 0.15) is 0 Å². The lowest BCUT2D eigenvalue weighted by atomic mass is 10.2. The Kier molecular flexibility index (Phi) is 2.48. The number of anilines is 1. The van der Waals surface area contributed by atoms with Gasteiger partial charge in [0.25, 0.3) is 0 Å². The molecule has 0 aliphatic carbocycles. The van der Waals surface area contributed by atoms with E-state index < -0.39 is 5.82 Å². The number of nitrogens with two attached hydrogens (primary N) is 1. The van der Waals surface area contributed by atoms with Crippen LogP contribution in [0.2, 0.25) is 5.02 Å². The normalized spacial score (nSPS) is 10.8. The smallest absolute Gasteiger partial charge is 0.157 e. The summed E-state index contributed by atoms with van der Waals surface area (Å²) in [6.45, 7) is 0. The number of fused-ring (bicyclic) bond motifs is 1. The van der Waals surface area contributed by atoms with E-state index in [1.54, 1.807) is 12.1 Å². The van der Waals surface area contributed by atoms with Crippen molar-refractivity contribution in [2.75, 3.05) is 5.73 Å². The maximum Gasteiger partial charge on any atom is 0.157 e. The van der Waals surface area contributed by atoms with Crippen molar-refractivity contribution < 1.29 is 4.39 Å². The number of nitrogens with zero attached hydrogens (tertiary/aromatic N) is 1. The summed E-state index contributed by atoms with van der Waals surface area (Å²) in [5.74, 6) is -0.433. The third-order valence-electron chi connectivity index (χ3n) is 1.83. The molecule has 72 valence electrons. The van der Waals surface area contributed by atoms with Crippen LogP contribution in [0.5, 0.6) is 0 Å². The highest BCUT2D eigenvalue weighted by atomic mass is 127. The molecular formula is C9H5ClFIN2. The van der Waals surface area contributed by atoms with Crippen LogP contribution in [0.3, 0.4) is 0 Å². The minimum atomic E-state index is -0.433. The molecule has 1 aromatic carbocycles. The highest BCUT2D eigenvalue weighted by Crippen LogP contribution is 2.29. The molecule has 0 radical (unpaired) electrons. The van der Waals surface area contributed by atoms with Crippen LogP contribution >= 0.6 is 34.2 Å². The van der Waals surface area contributed by atoms with Crippen LogP contribution in [-0.4, -0.2) is 4.98 Å². The van der Waals surface area contributed by atoms with Gasteiger partial charge in [-0.3, -0.25) is 4.98 Å². The van der Waals surface area contributed by atoms with Gasteiger partial charge in [0, 0.05) is 5.39 Å². The van der Waals surface area contributed by atoms with Gasteiger partial charge in [-0.15, -0.1) is 0 Å². The van der Waals surface area contributed by atoms with Gasteiger partial charge in [0.15, 0.2) is 5.82 Å². The zero-order valence-corrected chi connectivity index (χ0v) is 9.80. The van der Waals surface area contributed by atoms with Crippen molar-refractivity contribution in [3.63, 3.8) is 0 Å². The molecule has 5 heteroatoms. The molecule has 0 saturated carbocycles. The number of pyridine rings is 1. The van der Waals surface area contributed by atoms with Crippen molar-refractivity contribution in [3.05, 3.63) is 32.7 Å². The topological polar surface area (TPSA) is 38.9 Å². The van der Waals surface area contributed by atoms with E-state index in [9.17, 15) is 4.39 Å². The number of halogens is 3. The molecule has 0 amide bonds. The largest absolute Gasteiger partial charge is 0.397 e. The Morgan fingerprint density at radius 1 is 1.43 bits per heavy atom. The summed E-state index contributed by atoms with van der Waals surface area (Å²) in [6, 6.07) is 3.39. The van der Waals surface area contributed by atoms with Gasteiger partial charge in [0.2, 0.25) is 0 Å². The molecule has 2 aromatic rings. The molecule has 14 heavy (non-hydrogen) atoms. The first-order valence-corrected chi connectivity index (χ1v) is 5.24. The lowest BCUT2D eigenvalue weighted by Gasteiger charge is -2.03. The molecule has 2 N–H and O–H groups in total. The van der Waals surface area contributed by atoms with E-state index >= 15 is 0 Å². The van der Waals surface area contributed by atoms with Crippen molar-refractivity contribution in [3.8, 4) is 0 Å². The molecule has 0 fully saturated rings. The second-order valence-corrected chi connectivity index (χ2v) is 4.37. The van der Waals surface area contributed by atoms with Gasteiger partial charge in [0.1, 0.15) is 5.02 Å². The molecule has 0 saturated heterocycles. The predicted octanol–water partition coefficient (Wildman–Crippen LogP) is 3.21. The standard InChI is InChI=1S/C9H5ClFIN2/c10-7-8(11)6(12)2-4-1-5(13)3-14-9(4)7/h1-3H,13H2. The Labute approximate surface area is 98.4 Å². The summed E-state index contributed by atoms with van der Waals surface area (Å²) < 4.78 is 13.8. The molecular weight excluding hydrogens is 317 g/mol. The average Bonchev–Trinajstić information content (AvgIpc) is 2.14. The van der Waals surface area contributed by atoms with Gasteiger partial charge in [-0.25, -0.2) is 4.39 Å². The first-order chi connectivity index (χ1) is 6.59. The molecule has 0 aliphatic heterocycles. The maximum atomic E-state index is 13.4. The van der Waals surface area contributed by atoms with Gasteiger partial charge in [-0.2, -0.15) is 0 Å². The maximum absolute atomic E-state index is 13.4. The fraction of sp³-hybridized carbons (Fsp3) is 0. The first kappa shape index (κ1) is 9.92. The Balaban J connectivity index is 2.91. The molecule has 0 unspecified atom stereocenters. The van der Waals surface area contributed by atoms with Gasteiger partial charge in [-0.1, -0.05) is 11.6 Å². The number of hydrogen-bond acceptors (Lipinski definition) is 2. The van der Waals surface area contributed by atoms with E-state index in [4.69, 9.17) is 17.3 Å². The Hall–Kier alpha value is -0.620. The SMILES string of the molecule is Nc1cnc2c(Cl)c(F)c(I)cc2c1. The second-order valence-electron chi connectivity index (χ2n) is 2.83. The number of benzene rings is 1. The Morgan fingerprint density at radius 3 is 2.86 bits per heavy atom. The quantitative estimate of drug-likeness (QED) is 0.597. The van der Waals surface area contributed by atoms with Crippen molar-refractivity contribution in [2.45, 2.75) is 0 Å². The van der Waals surface area contributed by atoms with Gasteiger partial charge >= 0.3 is 0 Å². The van der Waals surface area contributed by atoms with E-state index in [1.807, 2.05) is 22.6 Å². The fourth-order valence-electron chi connectivity index (χ4n) is 1.20. The summed E-state index contributed by atoms with van der Waals surface area (Å²) in [4.78, 5) is 3.98. The summed E-state index contributed by atoms with van der Waals surface area (Å²) in [7, 11) is 0. The lowest BCUT2D eigenvalue weighted by molar-refractivity contribution is 0.622. The lowest BCUT2D eigenvalue weighted by Crippen LogP contribution is -1.91. The van der Waals surface area contributed by atoms with Crippen molar-refractivity contribution in [1.82, 2.24) is 4.98 Å². The van der Waals surface area contributed by atoms with E-state index in [1.165, 1.54) is 6.20 Å². The minimum Gasteiger partial charge on any atom is -0.397 e. The van der Waals surface area contributed by atoms with Crippen LogP contribution in [0.25, 0.3) is 10.9 Å². The fourth-order valence-corrected chi connectivity index (χ4v) is 2.23. The molecule has 1 heterocycles. The Bertz CT molecular complexity index is 516. The molecule has 1 aromatic heterocycles. The van der Waals surface area contributed by atoms with Crippen LogP contribution in [0, 0.1) is 9.39 Å². The molecule has 2 nitrogen and oxygen atoms in total. The monoisotopic (exact) mass is 322 g/mol. The molecule has 0 spiro atoms. The number of nitrogen functional groups attached to an aromatic ring is 1. The third kappa shape index (κ3) is 1.52.